The molecule has 0 unspecified atom stereocenters. The Balaban J connectivity index is 1.74. The van der Waals surface area contributed by atoms with Crippen LogP contribution in [-0.2, 0) is 13.1 Å². The molecule has 0 atom stereocenters. The molecule has 0 saturated heterocycles. The second-order valence-electron chi connectivity index (χ2n) is 8.31. The lowest BCUT2D eigenvalue weighted by Crippen LogP contribution is -2.15. The van der Waals surface area contributed by atoms with Gasteiger partial charge in [0.1, 0.15) is 0 Å². The maximum absolute atomic E-state index is 2.46. The Kier molecular flexibility index (Phi) is 3.11. The molecule has 0 N–H and O–H groups in total. The smallest absolute Gasteiger partial charge is 0.0362 e. The SMILES string of the molecule is CN1Cc2cc3c(ccc4sc5ccc6sc7ccc8sc(cc8c7c6c5c43)C1)s2. The van der Waals surface area contributed by atoms with Crippen molar-refractivity contribution in [2.45, 2.75) is 13.1 Å². The summed E-state index contributed by atoms with van der Waals surface area (Å²) in [6.45, 7) is 2.01. The minimum atomic E-state index is 1.00. The molecule has 5 heteroatoms. The van der Waals surface area contributed by atoms with Crippen molar-refractivity contribution in [2.24, 2.45) is 0 Å². The second-order valence-corrected chi connectivity index (χ2v) is 12.8. The van der Waals surface area contributed by atoms with Crippen LogP contribution in [0.3, 0.4) is 0 Å². The molecule has 1 nitrogen and oxygen atoms in total. The highest BCUT2D eigenvalue weighted by Crippen LogP contribution is 2.49. The van der Waals surface area contributed by atoms with E-state index in [1.54, 1.807) is 0 Å². The topological polar surface area (TPSA) is 3.24 Å². The first kappa shape index (κ1) is 16.6. The molecule has 7 aromatic rings. The van der Waals surface area contributed by atoms with Crippen molar-refractivity contribution in [3.05, 3.63) is 58.3 Å². The molecule has 144 valence electrons. The molecular formula is C25H15NS4. The van der Waals surface area contributed by atoms with Gasteiger partial charge in [-0.2, -0.15) is 0 Å². The molecule has 0 spiro atoms. The second kappa shape index (κ2) is 5.61. The molecule has 0 fully saturated rings. The Labute approximate surface area is 188 Å². The number of fused-ring (bicyclic) bond motifs is 2. The van der Waals surface area contributed by atoms with Crippen molar-refractivity contribution < 1.29 is 0 Å². The third kappa shape index (κ3) is 2.05. The van der Waals surface area contributed by atoms with Crippen LogP contribution in [0.2, 0.25) is 0 Å². The van der Waals surface area contributed by atoms with E-state index in [1.807, 2.05) is 45.3 Å². The van der Waals surface area contributed by atoms with Gasteiger partial charge in [-0.05, 0) is 55.6 Å². The van der Waals surface area contributed by atoms with Crippen molar-refractivity contribution in [3.8, 4) is 0 Å². The average molecular weight is 458 g/mol. The van der Waals surface area contributed by atoms with Gasteiger partial charge in [0, 0.05) is 83.4 Å². The fourth-order valence-electron chi connectivity index (χ4n) is 5.19. The van der Waals surface area contributed by atoms with Gasteiger partial charge in [-0.1, -0.05) is 0 Å². The van der Waals surface area contributed by atoms with Gasteiger partial charge >= 0.3 is 0 Å². The first-order valence-corrected chi connectivity index (χ1v) is 13.3. The van der Waals surface area contributed by atoms with E-state index in [0.29, 0.717) is 0 Å². The summed E-state index contributed by atoms with van der Waals surface area (Å²) in [6.07, 6.45) is 0. The highest BCUT2D eigenvalue weighted by molar-refractivity contribution is 7.28. The molecule has 0 saturated carbocycles. The standard InChI is InChI=1S/C25H15NS4/c1-26-10-12-8-14-16(27-12)2-4-18-22(14)24-20(29-18)6-7-21-25(24)23-15-9-13(11-26)28-17(15)3-5-19(23)30-21/h2-9H,10-11H2,1H3. The van der Waals surface area contributed by atoms with Crippen LogP contribution in [0.4, 0.5) is 0 Å². The molecule has 1 aliphatic heterocycles. The Morgan fingerprint density at radius 3 is 1.40 bits per heavy atom. The Morgan fingerprint density at radius 2 is 0.933 bits per heavy atom. The van der Waals surface area contributed by atoms with E-state index in [1.165, 1.54) is 70.3 Å². The van der Waals surface area contributed by atoms with Gasteiger partial charge in [-0.3, -0.25) is 4.90 Å². The number of benzene rings is 3. The lowest BCUT2D eigenvalue weighted by molar-refractivity contribution is 0.325. The van der Waals surface area contributed by atoms with E-state index in [-0.39, 0.29) is 0 Å². The third-order valence-corrected chi connectivity index (χ3v) is 10.8. The van der Waals surface area contributed by atoms with Crippen LogP contribution in [0.1, 0.15) is 9.75 Å². The number of nitrogens with zero attached hydrogens (tertiary/aromatic N) is 1. The quantitative estimate of drug-likeness (QED) is 0.220. The third-order valence-electron chi connectivity index (χ3n) is 6.35. The zero-order valence-electron chi connectivity index (χ0n) is 16.1. The molecule has 0 radical (unpaired) electrons. The summed E-state index contributed by atoms with van der Waals surface area (Å²) in [5, 5.41) is 8.76. The minimum Gasteiger partial charge on any atom is -0.296 e. The Hall–Kier alpha value is -2.02. The summed E-state index contributed by atoms with van der Waals surface area (Å²) < 4.78 is 8.49. The van der Waals surface area contributed by atoms with E-state index < -0.39 is 0 Å². The Morgan fingerprint density at radius 1 is 0.533 bits per heavy atom. The summed E-state index contributed by atoms with van der Waals surface area (Å²) in [5.41, 5.74) is 0. The van der Waals surface area contributed by atoms with E-state index in [2.05, 4.69) is 60.5 Å². The lowest BCUT2D eigenvalue weighted by atomic mass is 10.0. The molecule has 8 rings (SSSR count). The van der Waals surface area contributed by atoms with Crippen LogP contribution in [0.25, 0.3) is 60.5 Å². The van der Waals surface area contributed by atoms with E-state index in [0.717, 1.165) is 13.1 Å². The van der Waals surface area contributed by atoms with Crippen molar-refractivity contribution in [3.63, 3.8) is 0 Å². The summed E-state index contributed by atoms with van der Waals surface area (Å²) >= 11 is 7.81. The van der Waals surface area contributed by atoms with Gasteiger partial charge in [0.2, 0.25) is 0 Å². The maximum Gasteiger partial charge on any atom is 0.0362 e. The van der Waals surface area contributed by atoms with Gasteiger partial charge in [0.25, 0.3) is 0 Å². The number of thiophene rings is 4. The fraction of sp³-hybridized carbons (Fsp3) is 0.120. The van der Waals surface area contributed by atoms with Gasteiger partial charge in [0.15, 0.2) is 0 Å². The van der Waals surface area contributed by atoms with Crippen LogP contribution in [0, 0.1) is 0 Å². The van der Waals surface area contributed by atoms with Crippen LogP contribution < -0.4 is 0 Å². The highest BCUT2D eigenvalue weighted by atomic mass is 32.1. The number of hydrogen-bond donors (Lipinski definition) is 0. The predicted molar refractivity (Wildman–Crippen MR) is 138 cm³/mol. The van der Waals surface area contributed by atoms with E-state index in [9.17, 15) is 0 Å². The summed E-state index contributed by atoms with van der Waals surface area (Å²) in [6, 6.07) is 19.0. The number of rotatable bonds is 0. The van der Waals surface area contributed by atoms with Crippen molar-refractivity contribution in [2.75, 3.05) is 7.05 Å². The van der Waals surface area contributed by atoms with Crippen LogP contribution in [0.15, 0.2) is 48.5 Å². The van der Waals surface area contributed by atoms with Gasteiger partial charge < -0.3 is 0 Å². The average Bonchev–Trinajstić information content (AvgIpc) is 3.46. The molecular weight excluding hydrogens is 443 g/mol. The van der Waals surface area contributed by atoms with Crippen molar-refractivity contribution in [1.82, 2.24) is 4.90 Å². The molecule has 4 bridgehead atoms. The normalized spacial score (nSPS) is 15.1. The molecule has 3 aromatic carbocycles. The highest BCUT2D eigenvalue weighted by Gasteiger charge is 2.20. The Bertz CT molecular complexity index is 1690. The van der Waals surface area contributed by atoms with Crippen LogP contribution >= 0.6 is 45.3 Å². The molecule has 0 aliphatic carbocycles. The van der Waals surface area contributed by atoms with Crippen molar-refractivity contribution in [1.29, 1.82) is 0 Å². The molecule has 4 aromatic heterocycles. The summed E-state index contributed by atoms with van der Waals surface area (Å²) in [5.74, 6) is 0. The van der Waals surface area contributed by atoms with Gasteiger partial charge in [-0.25, -0.2) is 0 Å². The van der Waals surface area contributed by atoms with E-state index in [4.69, 9.17) is 0 Å². The zero-order chi connectivity index (χ0) is 19.6. The van der Waals surface area contributed by atoms with Gasteiger partial charge in [0.05, 0.1) is 0 Å². The molecule has 5 heterocycles. The first-order chi connectivity index (χ1) is 14.7. The zero-order valence-corrected chi connectivity index (χ0v) is 19.4. The lowest BCUT2D eigenvalue weighted by Gasteiger charge is -2.14. The van der Waals surface area contributed by atoms with Crippen molar-refractivity contribution >= 4 is 106 Å². The molecule has 0 amide bonds. The minimum absolute atomic E-state index is 1.00. The number of hydrogen-bond acceptors (Lipinski definition) is 5. The van der Waals surface area contributed by atoms with Gasteiger partial charge in [-0.15, -0.1) is 45.3 Å². The van der Waals surface area contributed by atoms with E-state index >= 15 is 0 Å². The monoisotopic (exact) mass is 457 g/mol. The summed E-state index contributed by atoms with van der Waals surface area (Å²) in [4.78, 5) is 5.38. The van der Waals surface area contributed by atoms with Crippen LogP contribution in [-0.4, -0.2) is 11.9 Å². The molecule has 30 heavy (non-hydrogen) atoms. The predicted octanol–water partition coefficient (Wildman–Crippen LogP) is 8.80. The molecule has 1 aliphatic rings. The van der Waals surface area contributed by atoms with Crippen LogP contribution in [0.5, 0.6) is 0 Å². The summed E-state index contributed by atoms with van der Waals surface area (Å²) in [7, 11) is 2.25. The fourth-order valence-corrected chi connectivity index (χ4v) is 9.75. The largest absolute Gasteiger partial charge is 0.296 e. The maximum atomic E-state index is 2.46. The first-order valence-electron chi connectivity index (χ1n) is 10.1.